The van der Waals surface area contributed by atoms with Crippen LogP contribution in [0.1, 0.15) is 31.9 Å². The van der Waals surface area contributed by atoms with Gasteiger partial charge in [-0.2, -0.15) is 0 Å². The van der Waals surface area contributed by atoms with E-state index in [1.807, 2.05) is 0 Å². The Kier molecular flexibility index (Phi) is 1.61. The van der Waals surface area contributed by atoms with E-state index in [0.29, 0.717) is 6.10 Å². The topological polar surface area (TPSA) is 17.5 Å². The summed E-state index contributed by atoms with van der Waals surface area (Å²) in [6.45, 7) is 2.33. The van der Waals surface area contributed by atoms with E-state index in [9.17, 15) is 0 Å². The summed E-state index contributed by atoms with van der Waals surface area (Å²) in [7, 11) is 2.11. The maximum Gasteiger partial charge on any atom is 0.134 e. The summed E-state index contributed by atoms with van der Waals surface area (Å²) in [5, 5.41) is 0. The number of ether oxygens (including phenoxy) is 1. The average Bonchev–Trinajstić information content (AvgIpc) is 2.71. The van der Waals surface area contributed by atoms with Gasteiger partial charge in [0.2, 0.25) is 0 Å². The molecule has 76 valence electrons. The molecule has 0 N–H and O–H groups in total. The lowest BCUT2D eigenvalue weighted by atomic mass is 9.81. The van der Waals surface area contributed by atoms with Crippen molar-refractivity contribution in [2.75, 3.05) is 0 Å². The molecule has 0 amide bonds. The van der Waals surface area contributed by atoms with Crippen molar-refractivity contribution in [3.8, 4) is 0 Å². The first-order valence-corrected chi connectivity index (χ1v) is 5.52. The van der Waals surface area contributed by atoms with Gasteiger partial charge in [-0.3, -0.25) is 0 Å². The molecule has 3 rings (SSSR count). The van der Waals surface area contributed by atoms with Crippen molar-refractivity contribution in [1.82, 2.24) is 4.57 Å². The highest BCUT2D eigenvalue weighted by molar-refractivity contribution is 5.25. The number of hydrogen-bond acceptors (Lipinski definition) is 1. The Morgan fingerprint density at radius 1 is 1.57 bits per heavy atom. The lowest BCUT2D eigenvalue weighted by Crippen LogP contribution is -2.23. The smallest absolute Gasteiger partial charge is 0.134 e. The van der Waals surface area contributed by atoms with Gasteiger partial charge in [0.15, 0.2) is 0 Å². The third kappa shape index (κ3) is 1.01. The third-order valence-electron chi connectivity index (χ3n) is 3.82. The number of hydrogen-bond donors (Lipinski definition) is 0. The number of epoxide rings is 1. The number of rotatable bonds is 1. The highest BCUT2D eigenvalue weighted by Gasteiger charge is 2.60. The van der Waals surface area contributed by atoms with Crippen LogP contribution in [-0.4, -0.2) is 10.7 Å². The molecule has 2 heterocycles. The molecule has 1 aromatic heterocycles. The van der Waals surface area contributed by atoms with Crippen molar-refractivity contribution in [3.63, 3.8) is 0 Å². The summed E-state index contributed by atoms with van der Waals surface area (Å²) in [4.78, 5) is 0. The van der Waals surface area contributed by atoms with Gasteiger partial charge < -0.3 is 9.30 Å². The monoisotopic (exact) mass is 191 g/mol. The van der Waals surface area contributed by atoms with Crippen molar-refractivity contribution in [2.24, 2.45) is 13.0 Å². The van der Waals surface area contributed by atoms with E-state index in [1.54, 1.807) is 0 Å². The number of fused-ring (bicyclic) bond motifs is 1. The van der Waals surface area contributed by atoms with E-state index >= 15 is 0 Å². The maximum atomic E-state index is 5.94. The molecule has 0 spiro atoms. The maximum absolute atomic E-state index is 5.94. The summed E-state index contributed by atoms with van der Waals surface area (Å²) in [5.74, 6) is 0.843. The Labute approximate surface area is 84.9 Å². The highest BCUT2D eigenvalue weighted by atomic mass is 16.6. The van der Waals surface area contributed by atoms with Crippen LogP contribution in [0.4, 0.5) is 0 Å². The van der Waals surface area contributed by atoms with Gasteiger partial charge in [-0.25, -0.2) is 0 Å². The minimum atomic E-state index is 0.102. The second kappa shape index (κ2) is 2.63. The fraction of sp³-hybridized carbons (Fsp3) is 0.667. The Morgan fingerprint density at radius 3 is 3.07 bits per heavy atom. The van der Waals surface area contributed by atoms with E-state index in [-0.39, 0.29) is 5.60 Å². The summed E-state index contributed by atoms with van der Waals surface area (Å²) in [6, 6.07) is 4.32. The molecule has 3 atom stereocenters. The molecule has 14 heavy (non-hydrogen) atoms. The summed E-state index contributed by atoms with van der Waals surface area (Å²) in [6.07, 6.45) is 6.37. The number of aryl methyl sites for hydroxylation is 1. The second-order valence-electron chi connectivity index (χ2n) is 4.88. The lowest BCUT2D eigenvalue weighted by molar-refractivity contribution is 0.275. The van der Waals surface area contributed by atoms with Crippen molar-refractivity contribution < 1.29 is 4.74 Å². The van der Waals surface area contributed by atoms with Crippen molar-refractivity contribution >= 4 is 0 Å². The Balaban J connectivity index is 1.91. The minimum absolute atomic E-state index is 0.102. The highest BCUT2D eigenvalue weighted by Crippen LogP contribution is 2.56. The Bertz CT molecular complexity index is 357. The van der Waals surface area contributed by atoms with Crippen LogP contribution in [0, 0.1) is 5.92 Å². The van der Waals surface area contributed by atoms with Gasteiger partial charge in [0.1, 0.15) is 5.60 Å². The summed E-state index contributed by atoms with van der Waals surface area (Å²) in [5.41, 5.74) is 1.47. The zero-order valence-corrected chi connectivity index (χ0v) is 8.86. The van der Waals surface area contributed by atoms with Gasteiger partial charge in [0, 0.05) is 13.2 Å². The zero-order chi connectivity index (χ0) is 9.76. The summed E-state index contributed by atoms with van der Waals surface area (Å²) >= 11 is 0. The van der Waals surface area contributed by atoms with Gasteiger partial charge in [-0.05, 0) is 37.3 Å². The van der Waals surface area contributed by atoms with E-state index < -0.39 is 0 Å². The van der Waals surface area contributed by atoms with Gasteiger partial charge in [0.25, 0.3) is 0 Å². The molecule has 2 nitrogen and oxygen atoms in total. The molecule has 1 saturated carbocycles. The third-order valence-corrected chi connectivity index (χ3v) is 3.82. The van der Waals surface area contributed by atoms with Crippen LogP contribution in [0.25, 0.3) is 0 Å². The van der Waals surface area contributed by atoms with Crippen molar-refractivity contribution in [1.29, 1.82) is 0 Å². The van der Waals surface area contributed by atoms with Crippen LogP contribution in [0.3, 0.4) is 0 Å². The van der Waals surface area contributed by atoms with Crippen LogP contribution in [0.2, 0.25) is 0 Å². The lowest BCUT2D eigenvalue weighted by Gasteiger charge is -2.22. The normalized spacial score (nSPS) is 40.7. The SMILES string of the molecule is C[C@@H]1CC[C@]2(c3cccn3C)O[C@@H]2C1. The molecular formula is C12H17NO. The molecule has 1 saturated heterocycles. The molecule has 0 bridgehead atoms. The molecule has 0 radical (unpaired) electrons. The fourth-order valence-corrected chi connectivity index (χ4v) is 2.88. The largest absolute Gasteiger partial charge is 0.359 e. The number of aromatic nitrogens is 1. The Morgan fingerprint density at radius 2 is 2.43 bits per heavy atom. The fourth-order valence-electron chi connectivity index (χ4n) is 2.88. The predicted molar refractivity (Wildman–Crippen MR) is 55.0 cm³/mol. The zero-order valence-electron chi connectivity index (χ0n) is 8.86. The van der Waals surface area contributed by atoms with Crippen molar-refractivity contribution in [2.45, 2.75) is 37.9 Å². The predicted octanol–water partition coefficient (Wildman–Crippen LogP) is 2.44. The van der Waals surface area contributed by atoms with Gasteiger partial charge >= 0.3 is 0 Å². The average molecular weight is 191 g/mol. The molecule has 0 aromatic carbocycles. The molecule has 1 aliphatic heterocycles. The molecule has 1 aromatic rings. The van der Waals surface area contributed by atoms with Crippen LogP contribution in [-0.2, 0) is 17.4 Å². The van der Waals surface area contributed by atoms with Crippen LogP contribution < -0.4 is 0 Å². The van der Waals surface area contributed by atoms with Crippen LogP contribution >= 0.6 is 0 Å². The van der Waals surface area contributed by atoms with Crippen LogP contribution in [0.15, 0.2) is 18.3 Å². The molecule has 1 aliphatic carbocycles. The molecule has 2 heteroatoms. The first-order valence-electron chi connectivity index (χ1n) is 5.52. The van der Waals surface area contributed by atoms with E-state index in [2.05, 4.69) is 36.9 Å². The summed E-state index contributed by atoms with van der Waals surface area (Å²) < 4.78 is 8.14. The first-order chi connectivity index (χ1) is 6.72. The quantitative estimate of drug-likeness (QED) is 0.623. The first kappa shape index (κ1) is 8.54. The van der Waals surface area contributed by atoms with Crippen LogP contribution in [0.5, 0.6) is 0 Å². The molecule has 0 unspecified atom stereocenters. The molecule has 2 fully saturated rings. The molecular weight excluding hydrogens is 174 g/mol. The van der Waals surface area contributed by atoms with E-state index in [4.69, 9.17) is 4.74 Å². The molecule has 2 aliphatic rings. The van der Waals surface area contributed by atoms with Crippen molar-refractivity contribution in [3.05, 3.63) is 24.0 Å². The number of nitrogens with zero attached hydrogens (tertiary/aromatic N) is 1. The minimum Gasteiger partial charge on any atom is -0.359 e. The van der Waals surface area contributed by atoms with Gasteiger partial charge in [-0.1, -0.05) is 6.92 Å². The standard InChI is InChI=1S/C12H17NO/c1-9-5-6-12(11(8-9)14-12)10-4-3-7-13(10)2/h3-4,7,9,11H,5-6,8H2,1-2H3/t9-,11-,12-/m1/s1. The van der Waals surface area contributed by atoms with E-state index in [0.717, 1.165) is 5.92 Å². The second-order valence-corrected chi connectivity index (χ2v) is 4.88. The van der Waals surface area contributed by atoms with E-state index in [1.165, 1.54) is 25.0 Å². The van der Waals surface area contributed by atoms with Gasteiger partial charge in [-0.15, -0.1) is 0 Å². The Hall–Kier alpha value is -0.760. The van der Waals surface area contributed by atoms with Gasteiger partial charge in [0.05, 0.1) is 11.8 Å².